The molecular weight excluding hydrogens is 399 g/mol. The number of aliphatic imine (C=N–C) groups is 1. The van der Waals surface area contributed by atoms with Crippen LogP contribution in [0.4, 0.5) is 4.79 Å². The van der Waals surface area contributed by atoms with E-state index in [-0.39, 0.29) is 30.1 Å². The Morgan fingerprint density at radius 3 is 2.36 bits per heavy atom. The molecule has 1 aliphatic rings. The van der Waals surface area contributed by atoms with Crippen LogP contribution in [-0.4, -0.2) is 81.4 Å². The largest absolute Gasteiger partial charge is 0.450 e. The first-order valence-corrected chi connectivity index (χ1v) is 7.66. The van der Waals surface area contributed by atoms with E-state index in [9.17, 15) is 4.79 Å². The lowest BCUT2D eigenvalue weighted by Gasteiger charge is -2.35. The van der Waals surface area contributed by atoms with Crippen LogP contribution in [0, 0.1) is 0 Å². The Bertz CT molecular complexity index is 334. The number of nitrogens with zero attached hydrogens (tertiary/aromatic N) is 3. The van der Waals surface area contributed by atoms with Gasteiger partial charge in [-0.1, -0.05) is 0 Å². The van der Waals surface area contributed by atoms with Crippen LogP contribution in [0.1, 0.15) is 20.3 Å². The van der Waals surface area contributed by atoms with Crippen molar-refractivity contribution >= 4 is 36.0 Å². The molecule has 8 heteroatoms. The number of hydrogen-bond donors (Lipinski definition) is 1. The molecule has 1 N–H and O–H groups in total. The maximum Gasteiger partial charge on any atom is 0.409 e. The summed E-state index contributed by atoms with van der Waals surface area (Å²) in [4.78, 5) is 20.2. The third-order valence-corrected chi connectivity index (χ3v) is 3.21. The molecule has 1 heterocycles. The van der Waals surface area contributed by atoms with Gasteiger partial charge in [-0.2, -0.15) is 0 Å². The van der Waals surface area contributed by atoms with Crippen LogP contribution in [0.15, 0.2) is 4.99 Å². The minimum atomic E-state index is -0.223. The van der Waals surface area contributed by atoms with Crippen LogP contribution in [0.25, 0.3) is 0 Å². The normalized spacial score (nSPS) is 15.3. The Balaban J connectivity index is 0.00000441. The Morgan fingerprint density at radius 1 is 1.18 bits per heavy atom. The Kier molecular flexibility index (Phi) is 12.3. The molecule has 7 nitrogen and oxygen atoms in total. The van der Waals surface area contributed by atoms with Crippen molar-refractivity contribution in [2.45, 2.75) is 20.3 Å². The van der Waals surface area contributed by atoms with Gasteiger partial charge in [0.05, 0.1) is 6.61 Å². The average molecular weight is 428 g/mol. The van der Waals surface area contributed by atoms with Gasteiger partial charge in [0, 0.05) is 53.0 Å². The molecular formula is C14H29IN4O3. The lowest BCUT2D eigenvalue weighted by atomic mass is 10.3. The Morgan fingerprint density at radius 2 is 1.82 bits per heavy atom. The topological polar surface area (TPSA) is 66.4 Å². The quantitative estimate of drug-likeness (QED) is 0.300. The second kappa shape index (κ2) is 12.7. The fraction of sp³-hybridized carbons (Fsp3) is 0.857. The predicted molar refractivity (Wildman–Crippen MR) is 98.1 cm³/mol. The van der Waals surface area contributed by atoms with E-state index < -0.39 is 0 Å². The highest BCUT2D eigenvalue weighted by molar-refractivity contribution is 14.0. The number of carbonyl (C=O) groups is 1. The van der Waals surface area contributed by atoms with Gasteiger partial charge in [-0.3, -0.25) is 4.99 Å². The number of carbonyl (C=O) groups excluding carboxylic acids is 1. The first-order chi connectivity index (χ1) is 10.2. The predicted octanol–water partition coefficient (Wildman–Crippen LogP) is 1.38. The van der Waals surface area contributed by atoms with Gasteiger partial charge in [-0.25, -0.2) is 4.79 Å². The summed E-state index contributed by atoms with van der Waals surface area (Å²) in [7, 11) is 1.70. The van der Waals surface area contributed by atoms with Crippen LogP contribution in [-0.2, 0) is 9.47 Å². The Labute approximate surface area is 150 Å². The molecule has 0 spiro atoms. The van der Waals surface area contributed by atoms with Crippen LogP contribution in [0.3, 0.4) is 0 Å². The summed E-state index contributed by atoms with van der Waals surface area (Å²) in [5.74, 6) is 0.914. The number of nitrogens with one attached hydrogen (secondary N) is 1. The summed E-state index contributed by atoms with van der Waals surface area (Å²) in [6.07, 6.45) is 0.688. The average Bonchev–Trinajstić information content (AvgIpc) is 2.51. The molecule has 0 saturated carbocycles. The molecule has 130 valence electrons. The summed E-state index contributed by atoms with van der Waals surface area (Å²) in [6.45, 7) is 9.48. The second-order valence-corrected chi connectivity index (χ2v) is 4.76. The summed E-state index contributed by atoms with van der Waals surface area (Å²) in [5.41, 5.74) is 0. The molecule has 1 aliphatic heterocycles. The van der Waals surface area contributed by atoms with Gasteiger partial charge in [-0.05, 0) is 20.3 Å². The maximum absolute atomic E-state index is 11.7. The molecule has 0 aromatic carbocycles. The van der Waals surface area contributed by atoms with Crippen molar-refractivity contribution in [1.82, 2.24) is 15.1 Å². The van der Waals surface area contributed by atoms with Crippen molar-refractivity contribution in [3.8, 4) is 0 Å². The molecule has 0 radical (unpaired) electrons. The third kappa shape index (κ3) is 7.48. The van der Waals surface area contributed by atoms with Crippen molar-refractivity contribution in [3.05, 3.63) is 0 Å². The van der Waals surface area contributed by atoms with Gasteiger partial charge >= 0.3 is 6.09 Å². The number of methoxy groups -OCH3 is 1. The van der Waals surface area contributed by atoms with Gasteiger partial charge in [0.2, 0.25) is 0 Å². The van der Waals surface area contributed by atoms with Crippen LogP contribution < -0.4 is 5.32 Å². The zero-order valence-electron chi connectivity index (χ0n) is 13.8. The fourth-order valence-corrected chi connectivity index (χ4v) is 2.14. The van der Waals surface area contributed by atoms with E-state index in [1.165, 1.54) is 0 Å². The molecule has 1 rings (SSSR count). The monoisotopic (exact) mass is 428 g/mol. The molecule has 0 atom stereocenters. The van der Waals surface area contributed by atoms with E-state index in [0.717, 1.165) is 45.2 Å². The standard InChI is InChI=1S/C14H28N4O3.HI/c1-4-15-13(16-7-6-12-20-3)17-8-10-18(11-9-17)14(19)21-5-2;/h4-12H2,1-3H3,(H,15,16);1H. The molecule has 0 unspecified atom stereocenters. The van der Waals surface area contributed by atoms with E-state index in [1.807, 2.05) is 6.92 Å². The maximum atomic E-state index is 11.7. The Hall–Kier alpha value is -0.770. The summed E-state index contributed by atoms with van der Waals surface area (Å²) >= 11 is 0. The summed E-state index contributed by atoms with van der Waals surface area (Å²) < 4.78 is 10.1. The lowest BCUT2D eigenvalue weighted by Crippen LogP contribution is -2.53. The summed E-state index contributed by atoms with van der Waals surface area (Å²) in [6, 6.07) is 0. The number of guanidine groups is 1. The third-order valence-electron chi connectivity index (χ3n) is 3.21. The first kappa shape index (κ1) is 21.2. The fourth-order valence-electron chi connectivity index (χ4n) is 2.14. The van der Waals surface area contributed by atoms with E-state index in [2.05, 4.69) is 22.1 Å². The van der Waals surface area contributed by atoms with Crippen LogP contribution in [0.2, 0.25) is 0 Å². The van der Waals surface area contributed by atoms with E-state index >= 15 is 0 Å². The summed E-state index contributed by atoms with van der Waals surface area (Å²) in [5, 5.41) is 3.30. The number of halogens is 1. The van der Waals surface area contributed by atoms with Crippen molar-refractivity contribution in [1.29, 1.82) is 0 Å². The molecule has 0 bridgehead atoms. The highest BCUT2D eigenvalue weighted by Gasteiger charge is 2.23. The minimum Gasteiger partial charge on any atom is -0.450 e. The number of amides is 1. The van der Waals surface area contributed by atoms with Gasteiger partial charge in [0.25, 0.3) is 0 Å². The number of piperazine rings is 1. The number of ether oxygens (including phenoxy) is 2. The van der Waals surface area contributed by atoms with Crippen molar-refractivity contribution in [2.24, 2.45) is 4.99 Å². The number of rotatable bonds is 6. The van der Waals surface area contributed by atoms with E-state index in [0.29, 0.717) is 19.7 Å². The van der Waals surface area contributed by atoms with E-state index in [1.54, 1.807) is 12.0 Å². The van der Waals surface area contributed by atoms with Crippen molar-refractivity contribution < 1.29 is 14.3 Å². The minimum absolute atomic E-state index is 0. The van der Waals surface area contributed by atoms with Gasteiger partial charge in [0.1, 0.15) is 0 Å². The molecule has 1 saturated heterocycles. The zero-order valence-corrected chi connectivity index (χ0v) is 16.2. The van der Waals surface area contributed by atoms with E-state index in [4.69, 9.17) is 9.47 Å². The zero-order chi connectivity index (χ0) is 15.5. The SMILES string of the molecule is CCNC(=NCCCOC)N1CCN(C(=O)OCC)CC1.I. The van der Waals surface area contributed by atoms with Crippen LogP contribution in [0.5, 0.6) is 0 Å². The number of hydrogen-bond acceptors (Lipinski definition) is 4. The molecule has 0 aliphatic carbocycles. The molecule has 0 aromatic heterocycles. The molecule has 1 amide bonds. The van der Waals surface area contributed by atoms with Gasteiger partial charge < -0.3 is 24.6 Å². The molecule has 0 aromatic rings. The molecule has 1 fully saturated rings. The highest BCUT2D eigenvalue weighted by atomic mass is 127. The smallest absolute Gasteiger partial charge is 0.409 e. The highest BCUT2D eigenvalue weighted by Crippen LogP contribution is 2.04. The first-order valence-electron chi connectivity index (χ1n) is 7.66. The second-order valence-electron chi connectivity index (χ2n) is 4.76. The van der Waals surface area contributed by atoms with Crippen molar-refractivity contribution in [3.63, 3.8) is 0 Å². The van der Waals surface area contributed by atoms with Gasteiger partial charge in [0.15, 0.2) is 5.96 Å². The van der Waals surface area contributed by atoms with Crippen molar-refractivity contribution in [2.75, 3.05) is 59.6 Å². The van der Waals surface area contributed by atoms with Gasteiger partial charge in [-0.15, -0.1) is 24.0 Å². The van der Waals surface area contributed by atoms with Crippen LogP contribution >= 0.6 is 24.0 Å². The molecule has 22 heavy (non-hydrogen) atoms. The lowest BCUT2D eigenvalue weighted by molar-refractivity contribution is 0.0914.